The Hall–Kier alpha value is -0.820. The fraction of sp³-hybridized carbons (Fsp3) is 0.583. The van der Waals surface area contributed by atoms with Crippen LogP contribution in [0.3, 0.4) is 0 Å². The molecule has 1 fully saturated rings. The first-order chi connectivity index (χ1) is 10.5. The molecular weight excluding hydrogens is 415 g/mol. The van der Waals surface area contributed by atoms with Crippen molar-refractivity contribution in [3.8, 4) is 0 Å². The van der Waals surface area contributed by atoms with Gasteiger partial charge >= 0.3 is 0 Å². The molecule has 4 atom stereocenters. The van der Waals surface area contributed by atoms with Gasteiger partial charge in [-0.25, -0.2) is 9.38 Å². The molecule has 0 amide bonds. The quantitative estimate of drug-likeness (QED) is 0.344. The summed E-state index contributed by atoms with van der Waals surface area (Å²) in [4.78, 5) is 4.01. The van der Waals surface area contributed by atoms with Gasteiger partial charge in [-0.1, -0.05) is 4.48 Å². The lowest BCUT2D eigenvalue weighted by atomic mass is 10.0. The zero-order valence-corrected chi connectivity index (χ0v) is 13.4. The second-order valence-corrected chi connectivity index (χ2v) is 6.06. The summed E-state index contributed by atoms with van der Waals surface area (Å²) in [6.45, 7) is -0.0984. The number of amidine groups is 1. The number of ether oxygens (including phenoxy) is 2. The van der Waals surface area contributed by atoms with E-state index in [0.29, 0.717) is 0 Å². The fourth-order valence-corrected chi connectivity index (χ4v) is 2.78. The van der Waals surface area contributed by atoms with Crippen molar-refractivity contribution in [1.29, 1.82) is 0 Å². The minimum Gasteiger partial charge on any atom is -0.394 e. The van der Waals surface area contributed by atoms with E-state index in [1.807, 2.05) is 0 Å². The number of allylic oxidation sites excluding steroid dienone is 2. The van der Waals surface area contributed by atoms with Crippen LogP contribution in [0.1, 0.15) is 6.42 Å². The Labute approximate surface area is 138 Å². The Balaban J connectivity index is 1.63. The number of nitrogens with one attached hydrogen (secondary N) is 1. The van der Waals surface area contributed by atoms with Crippen molar-refractivity contribution >= 4 is 28.4 Å². The first kappa shape index (κ1) is 16.1. The Morgan fingerprint density at radius 1 is 1.59 bits per heavy atom. The summed E-state index contributed by atoms with van der Waals surface area (Å²) in [6, 6.07) is 0. The van der Waals surface area contributed by atoms with Gasteiger partial charge in [0.15, 0.2) is 15.4 Å². The molecule has 1 saturated heterocycles. The van der Waals surface area contributed by atoms with Crippen molar-refractivity contribution in [2.45, 2.75) is 31.1 Å². The van der Waals surface area contributed by atoms with Crippen LogP contribution in [-0.4, -0.2) is 59.0 Å². The van der Waals surface area contributed by atoms with Crippen molar-refractivity contribution in [2.75, 3.05) is 13.2 Å². The predicted molar refractivity (Wildman–Crippen MR) is 79.9 cm³/mol. The van der Waals surface area contributed by atoms with Crippen LogP contribution in [-0.2, 0) is 9.47 Å². The molecule has 0 aromatic carbocycles. The lowest BCUT2D eigenvalue weighted by Crippen LogP contribution is -2.45. The first-order valence-corrected chi connectivity index (χ1v) is 7.71. The summed E-state index contributed by atoms with van der Waals surface area (Å²) in [6.07, 6.45) is -1.43. The second kappa shape index (κ2) is 6.35. The third-order valence-corrected chi connectivity index (χ3v) is 4.46. The summed E-state index contributed by atoms with van der Waals surface area (Å²) in [7, 11) is 0. The van der Waals surface area contributed by atoms with Crippen LogP contribution < -0.4 is 5.32 Å². The topological polar surface area (TPSA) is 86.5 Å². The molecule has 0 aliphatic carbocycles. The lowest BCUT2D eigenvalue weighted by Gasteiger charge is -2.33. The predicted octanol–water partition coefficient (Wildman–Crippen LogP) is 0.457. The molecule has 0 radical (unpaired) electrons. The summed E-state index contributed by atoms with van der Waals surface area (Å²) in [5.74, 6) is -0.756. The second-order valence-electron chi connectivity index (χ2n) is 5.04. The third kappa shape index (κ3) is 2.97. The van der Waals surface area contributed by atoms with Crippen LogP contribution >= 0.6 is 22.6 Å². The van der Waals surface area contributed by atoms with Gasteiger partial charge in [0.2, 0.25) is 6.35 Å². The number of hydrogen-bond acceptors (Lipinski definition) is 7. The Morgan fingerprint density at radius 2 is 2.36 bits per heavy atom. The van der Waals surface area contributed by atoms with Crippen molar-refractivity contribution < 1.29 is 28.6 Å². The van der Waals surface area contributed by atoms with E-state index in [9.17, 15) is 14.0 Å². The highest BCUT2D eigenvalue weighted by Gasteiger charge is 2.36. The Bertz CT molecular complexity index is 556. The molecule has 3 N–H and O–H groups in total. The molecule has 122 valence electrons. The molecular formula is C12H14F2IN3O4. The zero-order chi connectivity index (χ0) is 15.9. The molecule has 0 saturated carbocycles. The van der Waals surface area contributed by atoms with Crippen molar-refractivity contribution in [3.05, 3.63) is 21.3 Å². The maximum Gasteiger partial charge on any atom is 0.228 e. The standard InChI is InChI=1S/C12H14F2IN3O4/c13-6-2-7-11(18(14)10(6)15)17-12(16-7)22-5-1-8(20)9(3-19)21-4-5/h2,5,8-9,12,16,19-20H,1,3-4H2/t5-,8+,9-,12?/m1/s1. The maximum absolute atomic E-state index is 13.9. The molecule has 1 unspecified atom stereocenters. The molecule has 0 aromatic heterocycles. The average Bonchev–Trinajstić information content (AvgIpc) is 2.87. The number of aliphatic imine (C=N–C) groups is 1. The van der Waals surface area contributed by atoms with E-state index >= 15 is 0 Å². The monoisotopic (exact) mass is 429 g/mol. The highest BCUT2D eigenvalue weighted by molar-refractivity contribution is 14.1. The van der Waals surface area contributed by atoms with Crippen LogP contribution in [0.2, 0.25) is 0 Å². The van der Waals surface area contributed by atoms with Gasteiger partial charge in [0.25, 0.3) is 0 Å². The number of aliphatic hydroxyl groups excluding tert-OH is 2. The van der Waals surface area contributed by atoms with Crippen molar-refractivity contribution in [2.24, 2.45) is 4.99 Å². The van der Waals surface area contributed by atoms with Crippen LogP contribution in [0.5, 0.6) is 0 Å². The minimum atomic E-state index is -0.888. The third-order valence-electron chi connectivity index (χ3n) is 3.52. The molecule has 0 spiro atoms. The van der Waals surface area contributed by atoms with Crippen LogP contribution in [0.15, 0.2) is 26.3 Å². The fourth-order valence-electron chi connectivity index (χ4n) is 2.39. The summed E-state index contributed by atoms with van der Waals surface area (Å²) in [5, 5.41) is 21.7. The molecule has 22 heavy (non-hydrogen) atoms. The highest BCUT2D eigenvalue weighted by atomic mass is 127. The van der Waals surface area contributed by atoms with E-state index in [1.54, 1.807) is 22.6 Å². The van der Waals surface area contributed by atoms with Crippen LogP contribution in [0.4, 0.5) is 8.87 Å². The maximum atomic E-state index is 13.9. The SMILES string of the molecule is OC[C@H]1OC[C@H](OC2N=C3C(=CC(F)=C(I)N3F)N2)C[C@@H]1O. The molecule has 0 bridgehead atoms. The largest absolute Gasteiger partial charge is 0.394 e. The minimum absolute atomic E-state index is 0.0543. The van der Waals surface area contributed by atoms with Gasteiger partial charge in [-0.2, -0.15) is 5.12 Å². The summed E-state index contributed by atoms with van der Waals surface area (Å²) in [5.41, 5.74) is 0.191. The normalized spacial score (nSPS) is 35.0. The van der Waals surface area contributed by atoms with Gasteiger partial charge in [0, 0.05) is 12.5 Å². The Kier molecular flexibility index (Phi) is 4.64. The molecule has 7 nitrogen and oxygen atoms in total. The number of aliphatic hydroxyl groups is 2. The highest BCUT2D eigenvalue weighted by Crippen LogP contribution is 2.31. The smallest absolute Gasteiger partial charge is 0.228 e. The molecule has 10 heteroatoms. The van der Waals surface area contributed by atoms with Gasteiger partial charge in [-0.3, -0.25) is 0 Å². The van der Waals surface area contributed by atoms with Gasteiger partial charge in [0.1, 0.15) is 6.10 Å². The number of fused-ring (bicyclic) bond motifs is 1. The van der Waals surface area contributed by atoms with E-state index in [0.717, 1.165) is 6.08 Å². The van der Waals surface area contributed by atoms with E-state index in [2.05, 4.69) is 10.3 Å². The summed E-state index contributed by atoms with van der Waals surface area (Å²) >= 11 is 1.54. The Morgan fingerprint density at radius 3 is 3.05 bits per heavy atom. The van der Waals surface area contributed by atoms with Crippen molar-refractivity contribution in [3.63, 3.8) is 0 Å². The molecule has 3 aliphatic heterocycles. The van der Waals surface area contributed by atoms with E-state index in [-0.39, 0.29) is 40.0 Å². The molecule has 3 rings (SSSR count). The zero-order valence-electron chi connectivity index (χ0n) is 11.2. The number of rotatable bonds is 3. The van der Waals surface area contributed by atoms with Gasteiger partial charge < -0.3 is 25.0 Å². The van der Waals surface area contributed by atoms with Crippen LogP contribution in [0.25, 0.3) is 0 Å². The summed E-state index contributed by atoms with van der Waals surface area (Å²) < 4.78 is 38.0. The van der Waals surface area contributed by atoms with E-state index in [1.165, 1.54) is 0 Å². The van der Waals surface area contributed by atoms with Gasteiger partial charge in [0.05, 0.1) is 31.1 Å². The number of nitrogens with zero attached hydrogens (tertiary/aromatic N) is 2. The van der Waals surface area contributed by atoms with Crippen molar-refractivity contribution in [1.82, 2.24) is 10.4 Å². The van der Waals surface area contributed by atoms with E-state index < -0.39 is 30.5 Å². The molecule has 0 aromatic rings. The molecule has 3 aliphatic rings. The van der Waals surface area contributed by atoms with Gasteiger partial charge in [-0.05, 0) is 22.6 Å². The van der Waals surface area contributed by atoms with Gasteiger partial charge in [-0.15, -0.1) is 0 Å². The number of hydrogen-bond donors (Lipinski definition) is 3. The average molecular weight is 429 g/mol. The first-order valence-electron chi connectivity index (χ1n) is 6.63. The lowest BCUT2D eigenvalue weighted by molar-refractivity contribution is -0.165. The molecule has 3 heterocycles. The number of halogens is 3. The van der Waals surface area contributed by atoms with Crippen LogP contribution in [0, 0.1) is 0 Å². The van der Waals surface area contributed by atoms with E-state index in [4.69, 9.17) is 14.6 Å².